The van der Waals surface area contributed by atoms with Crippen LogP contribution in [0.25, 0.3) is 0 Å². The van der Waals surface area contributed by atoms with Gasteiger partial charge in [-0.15, -0.1) is 0 Å². The van der Waals surface area contributed by atoms with E-state index in [1.165, 1.54) is 42.9 Å². The van der Waals surface area contributed by atoms with Gasteiger partial charge in [-0.1, -0.05) is 6.92 Å². The molecule has 1 saturated heterocycles. The minimum atomic E-state index is 0.653. The molecule has 0 radical (unpaired) electrons. The number of aromatic nitrogens is 2. The fourth-order valence-corrected chi connectivity index (χ4v) is 3.64. The molecule has 0 bridgehead atoms. The van der Waals surface area contributed by atoms with Gasteiger partial charge >= 0.3 is 0 Å². The molecule has 1 fully saturated rings. The minimum absolute atomic E-state index is 0.653. The van der Waals surface area contributed by atoms with Crippen LogP contribution in [-0.2, 0) is 6.42 Å². The predicted octanol–water partition coefficient (Wildman–Crippen LogP) is 2.90. The van der Waals surface area contributed by atoms with Crippen molar-refractivity contribution in [2.45, 2.75) is 45.1 Å². The lowest BCUT2D eigenvalue weighted by Gasteiger charge is -2.36. The first-order valence-electron chi connectivity index (χ1n) is 7.01. The monoisotopic (exact) mass is 267 g/mol. The van der Waals surface area contributed by atoms with Gasteiger partial charge in [0.15, 0.2) is 0 Å². The Kier molecular flexibility index (Phi) is 5.13. The fraction of sp³-hybridized carbons (Fsp3) is 0.786. The van der Waals surface area contributed by atoms with E-state index in [9.17, 15) is 0 Å². The van der Waals surface area contributed by atoms with E-state index in [0.717, 1.165) is 6.42 Å². The molecule has 2 rings (SSSR count). The van der Waals surface area contributed by atoms with E-state index in [-0.39, 0.29) is 0 Å². The number of thioether (sulfide) groups is 1. The Morgan fingerprint density at radius 2 is 2.44 bits per heavy atom. The van der Waals surface area contributed by atoms with Crippen molar-refractivity contribution in [3.63, 3.8) is 0 Å². The van der Waals surface area contributed by atoms with Gasteiger partial charge in [-0.05, 0) is 44.6 Å². The zero-order chi connectivity index (χ0) is 13.0. The number of aryl methyl sites for hydroxylation is 1. The third-order valence-electron chi connectivity index (χ3n) is 4.02. The predicted molar refractivity (Wildman–Crippen MR) is 79.4 cm³/mol. The summed E-state index contributed by atoms with van der Waals surface area (Å²) in [5.74, 6) is 1.89. The van der Waals surface area contributed by atoms with Crippen molar-refractivity contribution in [2.75, 3.05) is 25.1 Å². The molecule has 0 spiro atoms. The van der Waals surface area contributed by atoms with Crippen LogP contribution in [0.4, 0.5) is 0 Å². The molecule has 2 atom stereocenters. The maximum atomic E-state index is 4.23. The van der Waals surface area contributed by atoms with E-state index in [0.29, 0.717) is 12.0 Å². The third kappa shape index (κ3) is 3.09. The van der Waals surface area contributed by atoms with Crippen molar-refractivity contribution in [3.05, 3.63) is 17.5 Å². The highest BCUT2D eigenvalue weighted by atomic mass is 32.2. The Hall–Kier alpha value is -0.480. The van der Waals surface area contributed by atoms with Crippen LogP contribution in [-0.4, -0.2) is 46.2 Å². The van der Waals surface area contributed by atoms with Gasteiger partial charge in [-0.25, -0.2) is 0 Å². The number of piperidine rings is 1. The van der Waals surface area contributed by atoms with Crippen LogP contribution in [0.15, 0.2) is 6.20 Å². The number of hydrogen-bond donors (Lipinski definition) is 1. The lowest BCUT2D eigenvalue weighted by Crippen LogP contribution is -2.42. The van der Waals surface area contributed by atoms with E-state index >= 15 is 0 Å². The maximum absolute atomic E-state index is 4.23. The first kappa shape index (κ1) is 13.9. The fourth-order valence-electron chi connectivity index (χ4n) is 2.95. The Labute approximate surface area is 115 Å². The highest BCUT2D eigenvalue weighted by Gasteiger charge is 2.26. The Morgan fingerprint density at radius 1 is 1.61 bits per heavy atom. The highest BCUT2D eigenvalue weighted by molar-refractivity contribution is 7.98. The molecule has 0 saturated carbocycles. The van der Waals surface area contributed by atoms with Gasteiger partial charge in [0.25, 0.3) is 0 Å². The molecule has 1 aliphatic heterocycles. The van der Waals surface area contributed by atoms with Crippen LogP contribution in [0.1, 0.15) is 43.9 Å². The summed E-state index contributed by atoms with van der Waals surface area (Å²) in [4.78, 5) is 2.64. The van der Waals surface area contributed by atoms with Gasteiger partial charge in [0.1, 0.15) is 0 Å². The molecule has 4 heteroatoms. The van der Waals surface area contributed by atoms with E-state index in [2.05, 4.69) is 35.2 Å². The zero-order valence-corrected chi connectivity index (χ0v) is 12.6. The molecule has 0 aliphatic carbocycles. The second-order valence-corrected chi connectivity index (χ2v) is 6.21. The average molecular weight is 267 g/mol. The standard InChI is InChI=1S/C14H25N3S/c1-4-12-8-15-16-14(12)13-6-5-7-17(9-13)11(2)10-18-3/h8,11,13H,4-7,9-10H2,1-3H3,(H,15,16). The average Bonchev–Trinajstić information content (AvgIpc) is 2.87. The molecule has 18 heavy (non-hydrogen) atoms. The van der Waals surface area contributed by atoms with Crippen LogP contribution < -0.4 is 0 Å². The molecule has 1 aliphatic rings. The van der Waals surface area contributed by atoms with Crippen LogP contribution >= 0.6 is 11.8 Å². The van der Waals surface area contributed by atoms with E-state index in [1.54, 1.807) is 0 Å². The van der Waals surface area contributed by atoms with Crippen molar-refractivity contribution >= 4 is 11.8 Å². The number of nitrogens with zero attached hydrogens (tertiary/aromatic N) is 2. The van der Waals surface area contributed by atoms with Crippen LogP contribution in [0.5, 0.6) is 0 Å². The summed E-state index contributed by atoms with van der Waals surface area (Å²) in [6, 6.07) is 0.691. The van der Waals surface area contributed by atoms with Crippen molar-refractivity contribution in [1.82, 2.24) is 15.1 Å². The lowest BCUT2D eigenvalue weighted by molar-refractivity contribution is 0.168. The molecule has 2 unspecified atom stereocenters. The van der Waals surface area contributed by atoms with Gasteiger partial charge in [-0.2, -0.15) is 16.9 Å². The van der Waals surface area contributed by atoms with Crippen LogP contribution in [0, 0.1) is 0 Å². The summed E-state index contributed by atoms with van der Waals surface area (Å²) in [6.45, 7) is 7.02. The molecule has 2 heterocycles. The topological polar surface area (TPSA) is 31.9 Å². The molecule has 102 valence electrons. The number of hydrogen-bond acceptors (Lipinski definition) is 3. The maximum Gasteiger partial charge on any atom is 0.0522 e. The van der Waals surface area contributed by atoms with Gasteiger partial charge < -0.3 is 0 Å². The summed E-state index contributed by atoms with van der Waals surface area (Å²) in [6.07, 6.45) is 7.90. The first-order chi connectivity index (χ1) is 8.76. The van der Waals surface area contributed by atoms with Gasteiger partial charge in [0, 0.05) is 30.0 Å². The first-order valence-corrected chi connectivity index (χ1v) is 8.40. The largest absolute Gasteiger partial charge is 0.299 e. The number of rotatable bonds is 5. The van der Waals surface area contributed by atoms with E-state index in [1.807, 2.05) is 18.0 Å². The summed E-state index contributed by atoms with van der Waals surface area (Å²) in [5, 5.41) is 7.46. The second-order valence-electron chi connectivity index (χ2n) is 5.30. The molecule has 0 amide bonds. The zero-order valence-electron chi connectivity index (χ0n) is 11.8. The molecule has 0 aromatic carbocycles. The van der Waals surface area contributed by atoms with Crippen molar-refractivity contribution in [3.8, 4) is 0 Å². The summed E-state index contributed by atoms with van der Waals surface area (Å²) >= 11 is 1.95. The summed E-state index contributed by atoms with van der Waals surface area (Å²) < 4.78 is 0. The Balaban J connectivity index is 2.02. The number of likely N-dealkylation sites (tertiary alicyclic amines) is 1. The summed E-state index contributed by atoms with van der Waals surface area (Å²) in [5.41, 5.74) is 2.79. The SMILES string of the molecule is CCc1cn[nH]c1C1CCCN(C(C)CSC)C1. The minimum Gasteiger partial charge on any atom is -0.299 e. The second kappa shape index (κ2) is 6.62. The van der Waals surface area contributed by atoms with Gasteiger partial charge in [0.05, 0.1) is 6.20 Å². The quantitative estimate of drug-likeness (QED) is 0.890. The van der Waals surface area contributed by atoms with Crippen LogP contribution in [0.2, 0.25) is 0 Å². The summed E-state index contributed by atoms with van der Waals surface area (Å²) in [7, 11) is 0. The highest BCUT2D eigenvalue weighted by Crippen LogP contribution is 2.29. The van der Waals surface area contributed by atoms with E-state index < -0.39 is 0 Å². The van der Waals surface area contributed by atoms with Gasteiger partial charge in [0.2, 0.25) is 0 Å². The molecule has 1 aromatic heterocycles. The molecular formula is C14H25N3S. The van der Waals surface area contributed by atoms with Crippen LogP contribution in [0.3, 0.4) is 0 Å². The number of nitrogens with one attached hydrogen (secondary N) is 1. The lowest BCUT2D eigenvalue weighted by atomic mass is 9.91. The number of H-pyrrole nitrogens is 1. The smallest absolute Gasteiger partial charge is 0.0522 e. The third-order valence-corrected chi connectivity index (χ3v) is 4.84. The van der Waals surface area contributed by atoms with Crippen molar-refractivity contribution in [1.29, 1.82) is 0 Å². The van der Waals surface area contributed by atoms with Crippen molar-refractivity contribution < 1.29 is 0 Å². The normalized spacial score (nSPS) is 23.2. The molecule has 1 aromatic rings. The molecule has 1 N–H and O–H groups in total. The molecular weight excluding hydrogens is 242 g/mol. The number of aromatic amines is 1. The molecule has 3 nitrogen and oxygen atoms in total. The van der Waals surface area contributed by atoms with Crippen molar-refractivity contribution in [2.24, 2.45) is 0 Å². The Morgan fingerprint density at radius 3 is 3.17 bits per heavy atom. The van der Waals surface area contributed by atoms with E-state index in [4.69, 9.17) is 0 Å². The Bertz CT molecular complexity index is 364. The van der Waals surface area contributed by atoms with Gasteiger partial charge in [-0.3, -0.25) is 10.00 Å².